The Labute approximate surface area is 108 Å². The molecule has 1 atom stereocenters. The molecule has 1 N–H and O–H groups in total. The van der Waals surface area contributed by atoms with Gasteiger partial charge in [-0.25, -0.2) is 4.98 Å². The highest BCUT2D eigenvalue weighted by atomic mass is 16.3. The van der Waals surface area contributed by atoms with Gasteiger partial charge in [0, 0.05) is 24.5 Å². The van der Waals surface area contributed by atoms with Crippen LogP contribution in [0.3, 0.4) is 0 Å². The van der Waals surface area contributed by atoms with E-state index in [-0.39, 0.29) is 6.10 Å². The van der Waals surface area contributed by atoms with Gasteiger partial charge >= 0.3 is 0 Å². The molecule has 0 radical (unpaired) electrons. The zero-order valence-electron chi connectivity index (χ0n) is 11.0. The summed E-state index contributed by atoms with van der Waals surface area (Å²) in [5.74, 6) is 1.08. The largest absolute Gasteiger partial charge is 0.388 e. The molecule has 3 nitrogen and oxygen atoms in total. The van der Waals surface area contributed by atoms with Crippen LogP contribution in [-0.2, 0) is 6.42 Å². The second kappa shape index (κ2) is 5.83. The van der Waals surface area contributed by atoms with E-state index < -0.39 is 0 Å². The van der Waals surface area contributed by atoms with Crippen molar-refractivity contribution in [1.29, 1.82) is 0 Å². The number of benzene rings is 1. The summed E-state index contributed by atoms with van der Waals surface area (Å²) >= 11 is 0. The summed E-state index contributed by atoms with van der Waals surface area (Å²) in [6, 6.07) is 8.04. The second-order valence-electron chi connectivity index (χ2n) is 4.48. The number of aromatic nitrogens is 2. The van der Waals surface area contributed by atoms with Gasteiger partial charge in [-0.3, -0.25) is 0 Å². The lowest BCUT2D eigenvalue weighted by Gasteiger charge is -2.11. The van der Waals surface area contributed by atoms with E-state index >= 15 is 0 Å². The lowest BCUT2D eigenvalue weighted by Crippen LogP contribution is -2.01. The Morgan fingerprint density at radius 3 is 2.56 bits per heavy atom. The highest BCUT2D eigenvalue weighted by molar-refractivity contribution is 5.36. The molecule has 18 heavy (non-hydrogen) atoms. The van der Waals surface area contributed by atoms with Crippen LogP contribution < -0.4 is 0 Å². The Bertz CT molecular complexity index is 487. The van der Waals surface area contributed by atoms with Crippen molar-refractivity contribution < 1.29 is 5.11 Å². The van der Waals surface area contributed by atoms with E-state index in [1.54, 1.807) is 0 Å². The molecule has 1 heterocycles. The van der Waals surface area contributed by atoms with Crippen molar-refractivity contribution in [3.63, 3.8) is 0 Å². The third-order valence-electron chi connectivity index (χ3n) is 3.13. The zero-order chi connectivity index (χ0) is 13.0. The number of rotatable bonds is 5. The van der Waals surface area contributed by atoms with Gasteiger partial charge in [0.2, 0.25) is 0 Å². The Kier molecular flexibility index (Phi) is 4.15. The fraction of sp³-hybridized carbons (Fsp3) is 0.400. The van der Waals surface area contributed by atoms with E-state index in [1.165, 1.54) is 0 Å². The van der Waals surface area contributed by atoms with Gasteiger partial charge in [0.25, 0.3) is 0 Å². The zero-order valence-corrected chi connectivity index (χ0v) is 11.0. The van der Waals surface area contributed by atoms with Gasteiger partial charge in [-0.2, -0.15) is 0 Å². The number of imidazole rings is 1. The Morgan fingerprint density at radius 2 is 1.94 bits per heavy atom. The van der Waals surface area contributed by atoms with Gasteiger partial charge in [0.1, 0.15) is 5.82 Å². The molecule has 0 saturated carbocycles. The lowest BCUT2D eigenvalue weighted by molar-refractivity contribution is 0.173. The number of nitrogens with zero attached hydrogens (tertiary/aromatic N) is 2. The highest BCUT2D eigenvalue weighted by Crippen LogP contribution is 2.19. The normalized spacial score (nSPS) is 12.6. The van der Waals surface area contributed by atoms with E-state index in [0.717, 1.165) is 36.3 Å². The molecule has 3 heteroatoms. The first-order chi connectivity index (χ1) is 8.76. The summed E-state index contributed by atoms with van der Waals surface area (Å²) in [7, 11) is 0. The minimum absolute atomic E-state index is 0.364. The Balaban J connectivity index is 2.26. The maximum atomic E-state index is 9.77. The lowest BCUT2D eigenvalue weighted by atomic mass is 10.1. The van der Waals surface area contributed by atoms with E-state index in [0.29, 0.717) is 0 Å². The molecule has 1 aromatic carbocycles. The van der Waals surface area contributed by atoms with Crippen molar-refractivity contribution in [3.05, 3.63) is 48.0 Å². The van der Waals surface area contributed by atoms with Crippen molar-refractivity contribution in [2.45, 2.75) is 39.2 Å². The molecule has 0 saturated heterocycles. The van der Waals surface area contributed by atoms with Crippen molar-refractivity contribution >= 4 is 0 Å². The van der Waals surface area contributed by atoms with Gasteiger partial charge < -0.3 is 9.67 Å². The average molecular weight is 244 g/mol. The van der Waals surface area contributed by atoms with Gasteiger partial charge in [-0.05, 0) is 30.5 Å². The predicted octanol–water partition coefficient (Wildman–Crippen LogP) is 3.27. The second-order valence-corrected chi connectivity index (χ2v) is 4.48. The SMILES string of the molecule is CCCc1nccn1-c1ccc(C(O)CC)cc1. The van der Waals surface area contributed by atoms with Crippen LogP contribution in [0.4, 0.5) is 0 Å². The maximum Gasteiger partial charge on any atom is 0.113 e. The standard InChI is InChI=1S/C15H20N2O/c1-3-5-15-16-10-11-17(15)13-8-6-12(7-9-13)14(18)4-2/h6-11,14,18H,3-5H2,1-2H3. The van der Waals surface area contributed by atoms with E-state index in [1.807, 2.05) is 43.6 Å². The number of aliphatic hydroxyl groups excluding tert-OH is 1. The van der Waals surface area contributed by atoms with Crippen LogP contribution in [0.2, 0.25) is 0 Å². The summed E-state index contributed by atoms with van der Waals surface area (Å²) in [6.45, 7) is 4.13. The van der Waals surface area contributed by atoms with Crippen molar-refractivity contribution in [1.82, 2.24) is 9.55 Å². The summed E-state index contributed by atoms with van der Waals surface area (Å²) in [5, 5.41) is 9.77. The maximum absolute atomic E-state index is 9.77. The first-order valence-electron chi connectivity index (χ1n) is 6.56. The van der Waals surface area contributed by atoms with Gasteiger partial charge in [-0.15, -0.1) is 0 Å². The van der Waals surface area contributed by atoms with Gasteiger partial charge in [-0.1, -0.05) is 26.0 Å². The number of aliphatic hydroxyl groups is 1. The molecule has 2 aromatic rings. The first-order valence-corrected chi connectivity index (χ1v) is 6.56. The molecule has 0 fully saturated rings. The average Bonchev–Trinajstić information content (AvgIpc) is 2.87. The van der Waals surface area contributed by atoms with Crippen LogP contribution in [0, 0.1) is 0 Å². The van der Waals surface area contributed by atoms with Crippen LogP contribution in [0.15, 0.2) is 36.7 Å². The molecule has 0 spiro atoms. The van der Waals surface area contributed by atoms with Crippen LogP contribution >= 0.6 is 0 Å². The third-order valence-corrected chi connectivity index (χ3v) is 3.13. The smallest absolute Gasteiger partial charge is 0.113 e. The van der Waals surface area contributed by atoms with Crippen LogP contribution in [0.1, 0.15) is 44.2 Å². The topological polar surface area (TPSA) is 38.0 Å². The molecular formula is C15H20N2O. The van der Waals surface area contributed by atoms with Crippen LogP contribution in [-0.4, -0.2) is 14.7 Å². The monoisotopic (exact) mass is 244 g/mol. The van der Waals surface area contributed by atoms with E-state index in [2.05, 4.69) is 16.5 Å². The molecule has 1 unspecified atom stereocenters. The molecule has 0 aliphatic rings. The van der Waals surface area contributed by atoms with Gasteiger partial charge in [0.05, 0.1) is 6.10 Å². The van der Waals surface area contributed by atoms with Crippen molar-refractivity contribution in [2.75, 3.05) is 0 Å². The van der Waals surface area contributed by atoms with Crippen LogP contribution in [0.25, 0.3) is 5.69 Å². The Morgan fingerprint density at radius 1 is 1.22 bits per heavy atom. The summed E-state index contributed by atoms with van der Waals surface area (Å²) in [5.41, 5.74) is 2.07. The minimum atomic E-state index is -0.364. The number of aryl methyl sites for hydroxylation is 1. The van der Waals surface area contributed by atoms with Crippen molar-refractivity contribution in [3.8, 4) is 5.69 Å². The van der Waals surface area contributed by atoms with Crippen molar-refractivity contribution in [2.24, 2.45) is 0 Å². The molecule has 0 amide bonds. The summed E-state index contributed by atoms with van der Waals surface area (Å²) in [4.78, 5) is 4.37. The fourth-order valence-electron chi connectivity index (χ4n) is 2.07. The van der Waals surface area contributed by atoms with E-state index in [9.17, 15) is 5.11 Å². The summed E-state index contributed by atoms with van der Waals surface area (Å²) in [6.07, 6.45) is 6.26. The molecule has 0 aliphatic carbocycles. The molecular weight excluding hydrogens is 224 g/mol. The highest BCUT2D eigenvalue weighted by Gasteiger charge is 2.07. The molecule has 0 aliphatic heterocycles. The molecule has 0 bridgehead atoms. The van der Waals surface area contributed by atoms with E-state index in [4.69, 9.17) is 0 Å². The molecule has 1 aromatic heterocycles. The fourth-order valence-corrected chi connectivity index (χ4v) is 2.07. The van der Waals surface area contributed by atoms with Crippen LogP contribution in [0.5, 0.6) is 0 Å². The quantitative estimate of drug-likeness (QED) is 0.876. The Hall–Kier alpha value is -1.61. The summed E-state index contributed by atoms with van der Waals surface area (Å²) < 4.78 is 2.10. The number of hydrogen-bond acceptors (Lipinski definition) is 2. The minimum Gasteiger partial charge on any atom is -0.388 e. The molecule has 96 valence electrons. The molecule has 2 rings (SSSR count). The third kappa shape index (κ3) is 2.62. The number of hydrogen-bond donors (Lipinski definition) is 1. The predicted molar refractivity (Wildman–Crippen MR) is 72.8 cm³/mol. The first kappa shape index (κ1) is 12.8. The van der Waals surface area contributed by atoms with Gasteiger partial charge in [0.15, 0.2) is 0 Å².